The van der Waals surface area contributed by atoms with E-state index in [4.69, 9.17) is 9.40 Å². The maximum Gasteiger partial charge on any atom is 0.121 e. The molecular weight excluding hydrogens is 829 g/mol. The molecule has 0 fully saturated rings. The molecule has 3 aromatic heterocycles. The van der Waals surface area contributed by atoms with E-state index in [0.29, 0.717) is 5.92 Å². The minimum atomic E-state index is -1.34. The van der Waals surface area contributed by atoms with Crippen molar-refractivity contribution < 1.29 is 24.5 Å². The van der Waals surface area contributed by atoms with Crippen molar-refractivity contribution in [3.63, 3.8) is 0 Å². The fourth-order valence-electron chi connectivity index (χ4n) is 6.69. The second-order valence-corrected chi connectivity index (χ2v) is 21.4. The predicted octanol–water partition coefficient (Wildman–Crippen LogP) is 12.3. The third kappa shape index (κ3) is 9.25. The van der Waals surface area contributed by atoms with Crippen LogP contribution in [0.1, 0.15) is 51.3 Å². The van der Waals surface area contributed by atoms with Gasteiger partial charge in [0.25, 0.3) is 0 Å². The number of aryl methyl sites for hydroxylation is 1. The SMILES string of the molecule is CC(C)Cc1cc(-c2[c-]cccc2)ncc1[Si](C)(C)C.Cc1cnc(-c2[c-]ccc3c2oc2cc(-c4ccccc4)ccc23)cc1CC(C)(C)C.[Ir]. The van der Waals surface area contributed by atoms with E-state index in [9.17, 15) is 0 Å². The average Bonchev–Trinajstić information content (AvgIpc) is 3.47. The monoisotopic (exact) mass is 879 g/mol. The first kappa shape index (κ1) is 39.1. The molecule has 0 aliphatic rings. The maximum absolute atomic E-state index is 6.40. The Labute approximate surface area is 325 Å². The summed E-state index contributed by atoms with van der Waals surface area (Å²) in [5.41, 5.74) is 12.3. The fourth-order valence-corrected chi connectivity index (χ4v) is 8.28. The van der Waals surface area contributed by atoms with Gasteiger partial charge >= 0.3 is 0 Å². The molecule has 0 aliphatic carbocycles. The van der Waals surface area contributed by atoms with E-state index < -0.39 is 8.07 Å². The van der Waals surface area contributed by atoms with Crippen LogP contribution >= 0.6 is 0 Å². The van der Waals surface area contributed by atoms with Crippen LogP contribution in [0.25, 0.3) is 55.6 Å². The van der Waals surface area contributed by atoms with Crippen molar-refractivity contribution in [2.24, 2.45) is 11.3 Å². The van der Waals surface area contributed by atoms with Gasteiger partial charge < -0.3 is 14.4 Å². The number of hydrogen-bond acceptors (Lipinski definition) is 3. The molecule has 1 radical (unpaired) electrons. The van der Waals surface area contributed by atoms with E-state index in [2.05, 4.69) is 151 Å². The molecule has 0 atom stereocenters. The number of furan rings is 1. The number of rotatable bonds is 7. The molecule has 3 heterocycles. The van der Waals surface area contributed by atoms with Gasteiger partial charge in [-0.15, -0.1) is 54.1 Å². The Morgan fingerprint density at radius 2 is 1.44 bits per heavy atom. The zero-order chi connectivity index (χ0) is 36.3. The summed E-state index contributed by atoms with van der Waals surface area (Å²) in [6, 6.07) is 40.1. The number of aromatic nitrogens is 2. The second kappa shape index (κ2) is 16.2. The van der Waals surface area contributed by atoms with E-state index in [1.165, 1.54) is 27.4 Å². The van der Waals surface area contributed by atoms with Crippen molar-refractivity contribution >= 4 is 35.2 Å². The van der Waals surface area contributed by atoms with Crippen LogP contribution in [-0.2, 0) is 32.9 Å². The molecule has 0 amide bonds. The Bertz CT molecular complexity index is 2260. The molecule has 52 heavy (non-hydrogen) atoms. The summed E-state index contributed by atoms with van der Waals surface area (Å²) in [5, 5.41) is 3.71. The number of nitrogens with zero attached hydrogens (tertiary/aromatic N) is 2. The summed E-state index contributed by atoms with van der Waals surface area (Å²) in [5.74, 6) is 0.667. The third-order valence-corrected chi connectivity index (χ3v) is 11.2. The van der Waals surface area contributed by atoms with Gasteiger partial charge in [0.1, 0.15) is 5.58 Å². The molecular formula is C47H50IrN2OSi-2. The van der Waals surface area contributed by atoms with Crippen molar-refractivity contribution in [3.8, 4) is 33.6 Å². The van der Waals surface area contributed by atoms with Crippen LogP contribution in [0.5, 0.6) is 0 Å². The minimum absolute atomic E-state index is 0. The summed E-state index contributed by atoms with van der Waals surface area (Å²) >= 11 is 0. The standard InChI is InChI=1S/C29H26NO.C18H24NSi.Ir/c1-19-18-30-26(15-22(19)17-29(2,3)4)25-12-8-11-24-23-14-13-21(16-27(23)31-28(24)25)20-9-6-5-7-10-20;1-14(2)11-16-12-17(15-9-7-6-8-10-15)19-13-18(16)20(3,4)5;/h5-11,13-16,18H,17H2,1-4H3;6-9,12-14H,11H2,1-5H3;/q2*-1;. The van der Waals surface area contributed by atoms with E-state index in [1.54, 1.807) is 0 Å². The van der Waals surface area contributed by atoms with Crippen molar-refractivity contribution in [2.45, 2.75) is 74.0 Å². The molecule has 269 valence electrons. The van der Waals surface area contributed by atoms with Crippen LogP contribution in [0.2, 0.25) is 19.6 Å². The number of hydrogen-bond donors (Lipinski definition) is 0. The van der Waals surface area contributed by atoms with Gasteiger partial charge in [-0.25, -0.2) is 0 Å². The first-order valence-corrected chi connectivity index (χ1v) is 21.6. The van der Waals surface area contributed by atoms with E-state index in [1.807, 2.05) is 36.5 Å². The van der Waals surface area contributed by atoms with Crippen LogP contribution in [0.4, 0.5) is 0 Å². The second-order valence-electron chi connectivity index (χ2n) is 16.4. The normalized spacial score (nSPS) is 11.7. The molecule has 3 nitrogen and oxygen atoms in total. The van der Waals surface area contributed by atoms with Crippen LogP contribution in [0.3, 0.4) is 0 Å². The van der Waals surface area contributed by atoms with Crippen molar-refractivity contribution in [1.29, 1.82) is 0 Å². The zero-order valence-corrected chi connectivity index (χ0v) is 35.4. The summed E-state index contributed by atoms with van der Waals surface area (Å²) in [4.78, 5) is 9.42. The summed E-state index contributed by atoms with van der Waals surface area (Å²) < 4.78 is 6.40. The first-order valence-electron chi connectivity index (χ1n) is 18.1. The summed E-state index contributed by atoms with van der Waals surface area (Å²) in [6.07, 6.45) is 6.21. The Morgan fingerprint density at radius 1 is 0.731 bits per heavy atom. The van der Waals surface area contributed by atoms with E-state index >= 15 is 0 Å². The van der Waals surface area contributed by atoms with Gasteiger partial charge in [-0.2, -0.15) is 0 Å². The molecule has 0 aliphatic heterocycles. The maximum atomic E-state index is 6.40. The number of pyridine rings is 2. The van der Waals surface area contributed by atoms with Gasteiger partial charge in [0.05, 0.1) is 13.7 Å². The molecule has 0 unspecified atom stereocenters. The van der Waals surface area contributed by atoms with E-state index in [-0.39, 0.29) is 25.5 Å². The molecule has 0 spiro atoms. The van der Waals surface area contributed by atoms with Gasteiger partial charge in [0.2, 0.25) is 0 Å². The molecule has 0 N–H and O–H groups in total. The van der Waals surface area contributed by atoms with Gasteiger partial charge in [0.15, 0.2) is 0 Å². The van der Waals surface area contributed by atoms with Crippen LogP contribution in [0, 0.1) is 30.4 Å². The quantitative estimate of drug-likeness (QED) is 0.118. The number of fused-ring (bicyclic) bond motifs is 3. The van der Waals surface area contributed by atoms with Crippen LogP contribution < -0.4 is 5.19 Å². The molecule has 4 aromatic carbocycles. The molecule has 0 saturated heterocycles. The first-order chi connectivity index (χ1) is 24.3. The van der Waals surface area contributed by atoms with Gasteiger partial charge in [-0.3, -0.25) is 0 Å². The summed E-state index contributed by atoms with van der Waals surface area (Å²) in [6.45, 7) is 20.7. The molecule has 7 rings (SSSR count). The smallest absolute Gasteiger partial charge is 0.121 e. The Hall–Kier alpha value is -4.15. The van der Waals surface area contributed by atoms with Crippen LogP contribution in [0.15, 0.2) is 114 Å². The molecule has 0 bridgehead atoms. The van der Waals surface area contributed by atoms with Crippen molar-refractivity contribution in [2.75, 3.05) is 0 Å². The zero-order valence-electron chi connectivity index (χ0n) is 32.0. The van der Waals surface area contributed by atoms with Crippen molar-refractivity contribution in [3.05, 3.63) is 138 Å². The predicted molar refractivity (Wildman–Crippen MR) is 219 cm³/mol. The molecule has 0 saturated carbocycles. The Balaban J connectivity index is 0.000000217. The average molecular weight is 879 g/mol. The van der Waals surface area contributed by atoms with E-state index in [0.717, 1.165) is 62.9 Å². The van der Waals surface area contributed by atoms with Gasteiger partial charge in [-0.1, -0.05) is 131 Å². The number of benzene rings is 4. The van der Waals surface area contributed by atoms with Gasteiger partial charge in [0, 0.05) is 37.9 Å². The summed E-state index contributed by atoms with van der Waals surface area (Å²) in [7, 11) is -1.34. The van der Waals surface area contributed by atoms with Crippen LogP contribution in [-0.4, -0.2) is 18.0 Å². The topological polar surface area (TPSA) is 38.9 Å². The van der Waals surface area contributed by atoms with Crippen molar-refractivity contribution in [1.82, 2.24) is 9.97 Å². The Morgan fingerprint density at radius 3 is 2.12 bits per heavy atom. The largest absolute Gasteiger partial charge is 0.501 e. The third-order valence-electron chi connectivity index (χ3n) is 9.14. The Kier molecular flexibility index (Phi) is 12.2. The molecule has 5 heteroatoms. The minimum Gasteiger partial charge on any atom is -0.501 e. The van der Waals surface area contributed by atoms with Gasteiger partial charge in [-0.05, 0) is 70.4 Å². The fraction of sp³-hybridized carbons (Fsp3) is 0.277. The molecule has 7 aromatic rings.